The number of hydrogen-bond donors (Lipinski definition) is 2. The fourth-order valence-electron chi connectivity index (χ4n) is 1.45. The van der Waals surface area contributed by atoms with Crippen LogP contribution in [-0.4, -0.2) is 41.5 Å². The van der Waals surface area contributed by atoms with Crippen molar-refractivity contribution in [2.24, 2.45) is 5.73 Å². The highest BCUT2D eigenvalue weighted by Gasteiger charge is 2.27. The van der Waals surface area contributed by atoms with Gasteiger partial charge in [0.25, 0.3) is 11.6 Å². The normalized spacial score (nSPS) is 11.9. The minimum Gasteiger partial charge on any atom is -0.476 e. The number of aromatic carboxylic acids is 1. The molecule has 0 radical (unpaired) electrons. The van der Waals surface area contributed by atoms with Crippen molar-refractivity contribution in [3.8, 4) is 5.88 Å². The molecule has 0 saturated carbocycles. The number of carboxylic acids is 1. The van der Waals surface area contributed by atoms with Crippen LogP contribution in [0.2, 0.25) is 0 Å². The van der Waals surface area contributed by atoms with Crippen LogP contribution in [0.4, 0.5) is 0 Å². The molecule has 0 aliphatic heterocycles. The molecule has 0 fully saturated rings. The van der Waals surface area contributed by atoms with Gasteiger partial charge < -0.3 is 24.8 Å². The van der Waals surface area contributed by atoms with Crippen LogP contribution in [-0.2, 0) is 16.0 Å². The van der Waals surface area contributed by atoms with Crippen LogP contribution in [0, 0.1) is 0 Å². The Bertz CT molecular complexity index is 456. The van der Waals surface area contributed by atoms with E-state index >= 15 is 0 Å². The molecule has 8 nitrogen and oxygen atoms in total. The summed E-state index contributed by atoms with van der Waals surface area (Å²) in [5.74, 6) is -2.28. The second kappa shape index (κ2) is 6.74. The Hall–Kier alpha value is -2.09. The highest BCUT2D eigenvalue weighted by atomic mass is 16.5. The SMILES string of the molecule is CCOC(=O)C(N)Cc1c(OCC)noc1C(=O)O. The van der Waals surface area contributed by atoms with E-state index in [1.54, 1.807) is 13.8 Å². The lowest BCUT2D eigenvalue weighted by atomic mass is 10.1. The molecule has 0 amide bonds. The van der Waals surface area contributed by atoms with Crippen LogP contribution in [0.1, 0.15) is 30.0 Å². The number of carbonyl (C=O) groups excluding carboxylic acids is 1. The van der Waals surface area contributed by atoms with Crippen molar-refractivity contribution < 1.29 is 28.7 Å². The molecule has 0 spiro atoms. The fourth-order valence-corrected chi connectivity index (χ4v) is 1.45. The van der Waals surface area contributed by atoms with Crippen molar-refractivity contribution >= 4 is 11.9 Å². The fraction of sp³-hybridized carbons (Fsp3) is 0.545. The molecular formula is C11H16N2O6. The molecule has 106 valence electrons. The van der Waals surface area contributed by atoms with Gasteiger partial charge in [0, 0.05) is 6.42 Å². The molecule has 3 N–H and O–H groups in total. The number of carbonyl (C=O) groups is 2. The Morgan fingerprint density at radius 2 is 2.11 bits per heavy atom. The zero-order valence-corrected chi connectivity index (χ0v) is 10.7. The summed E-state index contributed by atoms with van der Waals surface area (Å²) < 4.78 is 14.6. The molecular weight excluding hydrogens is 256 g/mol. The summed E-state index contributed by atoms with van der Waals surface area (Å²) in [6.07, 6.45) is -0.0840. The minimum absolute atomic E-state index is 0.0275. The zero-order valence-electron chi connectivity index (χ0n) is 10.7. The molecule has 19 heavy (non-hydrogen) atoms. The lowest BCUT2D eigenvalue weighted by molar-refractivity contribution is -0.144. The van der Waals surface area contributed by atoms with Gasteiger partial charge in [-0.25, -0.2) is 4.79 Å². The highest BCUT2D eigenvalue weighted by molar-refractivity contribution is 5.87. The molecule has 0 bridgehead atoms. The third kappa shape index (κ3) is 3.68. The standard InChI is InChI=1S/C11H16N2O6/c1-3-17-9-6(8(10(14)15)19-13-9)5-7(12)11(16)18-4-2/h7H,3-5,12H2,1-2H3,(H,14,15). The number of carboxylic acid groups (broad SMARTS) is 1. The van der Waals surface area contributed by atoms with Crippen molar-refractivity contribution in [2.45, 2.75) is 26.3 Å². The summed E-state index contributed by atoms with van der Waals surface area (Å²) >= 11 is 0. The number of esters is 1. The average molecular weight is 272 g/mol. The number of nitrogens with zero attached hydrogens (tertiary/aromatic N) is 1. The van der Waals surface area contributed by atoms with Gasteiger partial charge in [-0.05, 0) is 19.0 Å². The first kappa shape index (κ1) is 15.0. The molecule has 8 heteroatoms. The van der Waals surface area contributed by atoms with Crippen LogP contribution in [0.15, 0.2) is 4.52 Å². The molecule has 1 atom stereocenters. The zero-order chi connectivity index (χ0) is 14.4. The van der Waals surface area contributed by atoms with E-state index in [0.717, 1.165) is 0 Å². The van der Waals surface area contributed by atoms with E-state index in [1.807, 2.05) is 0 Å². The first-order valence-corrected chi connectivity index (χ1v) is 5.78. The Morgan fingerprint density at radius 1 is 1.42 bits per heavy atom. The molecule has 0 aromatic carbocycles. The largest absolute Gasteiger partial charge is 0.476 e. The van der Waals surface area contributed by atoms with Gasteiger partial charge in [-0.2, -0.15) is 0 Å². The van der Waals surface area contributed by atoms with Gasteiger partial charge >= 0.3 is 11.9 Å². The van der Waals surface area contributed by atoms with Gasteiger partial charge in [0.2, 0.25) is 0 Å². The van der Waals surface area contributed by atoms with Crippen LogP contribution in [0.3, 0.4) is 0 Å². The predicted octanol–water partition coefficient (Wildman–Crippen LogP) is 0.204. The van der Waals surface area contributed by atoms with Gasteiger partial charge in [0.05, 0.1) is 18.8 Å². The van der Waals surface area contributed by atoms with Crippen molar-refractivity contribution in [2.75, 3.05) is 13.2 Å². The van der Waals surface area contributed by atoms with Gasteiger partial charge in [-0.15, -0.1) is 0 Å². The maximum absolute atomic E-state index is 11.4. The second-order valence-corrected chi connectivity index (χ2v) is 3.60. The first-order chi connectivity index (χ1) is 9.01. The maximum atomic E-state index is 11.4. The lowest BCUT2D eigenvalue weighted by Gasteiger charge is -2.10. The van der Waals surface area contributed by atoms with Gasteiger partial charge in [0.15, 0.2) is 0 Å². The molecule has 0 aliphatic carbocycles. The molecule has 1 heterocycles. The Balaban J connectivity index is 2.93. The van der Waals surface area contributed by atoms with E-state index in [-0.39, 0.29) is 36.8 Å². The topological polar surface area (TPSA) is 125 Å². The Morgan fingerprint density at radius 3 is 2.63 bits per heavy atom. The molecule has 0 saturated heterocycles. The van der Waals surface area contributed by atoms with Crippen LogP contribution in [0.25, 0.3) is 0 Å². The summed E-state index contributed by atoms with van der Waals surface area (Å²) in [5, 5.41) is 12.5. The molecule has 1 aromatic rings. The maximum Gasteiger partial charge on any atom is 0.375 e. The summed E-state index contributed by atoms with van der Waals surface area (Å²) in [7, 11) is 0. The minimum atomic E-state index is -1.30. The third-order valence-electron chi connectivity index (χ3n) is 2.24. The number of rotatable bonds is 7. The third-order valence-corrected chi connectivity index (χ3v) is 2.24. The molecule has 1 rings (SSSR count). The molecule has 1 unspecified atom stereocenters. The summed E-state index contributed by atoms with van der Waals surface area (Å²) in [6, 6.07) is -1.00. The van der Waals surface area contributed by atoms with Crippen molar-refractivity contribution in [3.05, 3.63) is 11.3 Å². The average Bonchev–Trinajstić information content (AvgIpc) is 2.73. The summed E-state index contributed by atoms with van der Waals surface area (Å²) in [5.41, 5.74) is 5.78. The number of ether oxygens (including phenoxy) is 2. The van der Waals surface area contributed by atoms with Crippen LogP contribution < -0.4 is 10.5 Å². The smallest absolute Gasteiger partial charge is 0.375 e. The van der Waals surface area contributed by atoms with E-state index in [2.05, 4.69) is 9.68 Å². The van der Waals surface area contributed by atoms with Gasteiger partial charge in [-0.3, -0.25) is 4.79 Å². The number of aromatic nitrogens is 1. The second-order valence-electron chi connectivity index (χ2n) is 3.60. The van der Waals surface area contributed by atoms with Crippen molar-refractivity contribution in [3.63, 3.8) is 0 Å². The first-order valence-electron chi connectivity index (χ1n) is 5.78. The number of hydrogen-bond acceptors (Lipinski definition) is 7. The van der Waals surface area contributed by atoms with E-state index < -0.39 is 18.0 Å². The summed E-state index contributed by atoms with van der Waals surface area (Å²) in [6.45, 7) is 3.84. The molecule has 0 aliphatic rings. The number of nitrogens with two attached hydrogens (primary N) is 1. The van der Waals surface area contributed by atoms with E-state index in [9.17, 15) is 9.59 Å². The van der Waals surface area contributed by atoms with Crippen LogP contribution >= 0.6 is 0 Å². The van der Waals surface area contributed by atoms with E-state index in [1.165, 1.54) is 0 Å². The van der Waals surface area contributed by atoms with Gasteiger partial charge in [-0.1, -0.05) is 0 Å². The highest BCUT2D eigenvalue weighted by Crippen LogP contribution is 2.23. The van der Waals surface area contributed by atoms with Crippen molar-refractivity contribution in [1.29, 1.82) is 0 Å². The lowest BCUT2D eigenvalue weighted by Crippen LogP contribution is -2.34. The van der Waals surface area contributed by atoms with Gasteiger partial charge in [0.1, 0.15) is 6.04 Å². The monoisotopic (exact) mass is 272 g/mol. The predicted molar refractivity (Wildman–Crippen MR) is 62.9 cm³/mol. The Kier molecular flexibility index (Phi) is 5.31. The summed E-state index contributed by atoms with van der Waals surface area (Å²) in [4.78, 5) is 22.4. The van der Waals surface area contributed by atoms with E-state index in [4.69, 9.17) is 20.3 Å². The van der Waals surface area contributed by atoms with E-state index in [0.29, 0.717) is 0 Å². The Labute approximate surface area is 109 Å². The quantitative estimate of drug-likeness (QED) is 0.674. The van der Waals surface area contributed by atoms with Crippen LogP contribution in [0.5, 0.6) is 5.88 Å². The molecule has 1 aromatic heterocycles. The van der Waals surface area contributed by atoms with Crippen molar-refractivity contribution in [1.82, 2.24) is 5.16 Å².